The number of aryl methyl sites for hydroxylation is 3. The zero-order valence-corrected chi connectivity index (χ0v) is 13.7. The second-order valence-electron chi connectivity index (χ2n) is 6.10. The molecule has 1 heteroatoms. The van der Waals surface area contributed by atoms with Gasteiger partial charge in [-0.05, 0) is 62.1 Å². The third-order valence-electron chi connectivity index (χ3n) is 4.83. The molecule has 1 fully saturated rings. The molecule has 0 spiro atoms. The minimum Gasteiger partial charge on any atom is -0.0832 e. The van der Waals surface area contributed by atoms with Gasteiger partial charge in [0, 0.05) is 4.83 Å². The maximum Gasteiger partial charge on any atom is 0.0456 e. The number of hydrogen-bond donors (Lipinski definition) is 0. The third kappa shape index (κ3) is 2.39. The minimum atomic E-state index is 0.491. The van der Waals surface area contributed by atoms with Gasteiger partial charge in [-0.3, -0.25) is 0 Å². The van der Waals surface area contributed by atoms with Gasteiger partial charge in [-0.1, -0.05) is 53.4 Å². The van der Waals surface area contributed by atoms with Crippen LogP contribution in [0.4, 0.5) is 0 Å². The van der Waals surface area contributed by atoms with Gasteiger partial charge in [-0.2, -0.15) is 0 Å². The normalized spacial score (nSPS) is 20.1. The van der Waals surface area contributed by atoms with Gasteiger partial charge >= 0.3 is 0 Å². The van der Waals surface area contributed by atoms with Gasteiger partial charge in [-0.15, -0.1) is 0 Å². The second-order valence-corrected chi connectivity index (χ2v) is 7.01. The summed E-state index contributed by atoms with van der Waals surface area (Å²) in [7, 11) is 0. The quantitative estimate of drug-likeness (QED) is 0.599. The van der Waals surface area contributed by atoms with Gasteiger partial charge in [0.1, 0.15) is 0 Å². The Hall–Kier alpha value is -0.300. The molecule has 0 bridgehead atoms. The smallest absolute Gasteiger partial charge is 0.0456 e. The molecule has 2 rings (SSSR count). The zero-order chi connectivity index (χ0) is 13.3. The van der Waals surface area contributed by atoms with Crippen molar-refractivity contribution < 1.29 is 0 Å². The Labute approximate surface area is 120 Å². The van der Waals surface area contributed by atoms with Crippen LogP contribution in [0.2, 0.25) is 0 Å². The molecule has 0 saturated heterocycles. The predicted octanol–water partition coefficient (Wildman–Crippen LogP) is 6.02. The van der Waals surface area contributed by atoms with Crippen molar-refractivity contribution in [3.05, 3.63) is 34.4 Å². The Morgan fingerprint density at radius 3 is 2.06 bits per heavy atom. The fourth-order valence-corrected chi connectivity index (χ4v) is 5.27. The molecule has 100 valence electrons. The Morgan fingerprint density at radius 2 is 1.61 bits per heavy atom. The molecule has 0 nitrogen and oxygen atoms in total. The molecule has 0 aliphatic heterocycles. The first-order chi connectivity index (χ1) is 8.50. The van der Waals surface area contributed by atoms with E-state index in [4.69, 9.17) is 0 Å². The maximum absolute atomic E-state index is 4.06. The van der Waals surface area contributed by atoms with Crippen LogP contribution in [0.15, 0.2) is 12.1 Å². The molecule has 0 aromatic heterocycles. The fourth-order valence-electron chi connectivity index (χ4n) is 3.76. The molecule has 1 aromatic carbocycles. The van der Waals surface area contributed by atoms with Gasteiger partial charge in [0.05, 0.1) is 0 Å². The van der Waals surface area contributed by atoms with Gasteiger partial charge in [-0.25, -0.2) is 0 Å². The Balaban J connectivity index is 2.42. The van der Waals surface area contributed by atoms with Crippen molar-refractivity contribution in [2.75, 3.05) is 0 Å². The zero-order valence-electron chi connectivity index (χ0n) is 12.1. The first-order valence-corrected chi connectivity index (χ1v) is 8.13. The van der Waals surface area contributed by atoms with Gasteiger partial charge in [0.25, 0.3) is 0 Å². The summed E-state index contributed by atoms with van der Waals surface area (Å²) in [5, 5.41) is 0. The van der Waals surface area contributed by atoms with Crippen molar-refractivity contribution in [2.45, 2.75) is 64.6 Å². The summed E-state index contributed by atoms with van der Waals surface area (Å²) in [6, 6.07) is 4.66. The lowest BCUT2D eigenvalue weighted by atomic mass is 9.75. The van der Waals surface area contributed by atoms with E-state index in [9.17, 15) is 0 Å². The molecule has 1 aliphatic carbocycles. The highest BCUT2D eigenvalue weighted by atomic mass is 79.9. The molecule has 1 saturated carbocycles. The van der Waals surface area contributed by atoms with Crippen LogP contribution in [0, 0.1) is 26.2 Å². The van der Waals surface area contributed by atoms with Crippen LogP contribution in [0.25, 0.3) is 0 Å². The van der Waals surface area contributed by atoms with E-state index < -0.39 is 0 Å². The van der Waals surface area contributed by atoms with Crippen molar-refractivity contribution in [3.63, 3.8) is 0 Å². The molecular weight excluding hydrogens is 284 g/mol. The van der Waals surface area contributed by atoms with E-state index in [1.807, 2.05) is 0 Å². The summed E-state index contributed by atoms with van der Waals surface area (Å²) in [4.78, 5) is 0.526. The van der Waals surface area contributed by atoms with E-state index in [2.05, 4.69) is 55.8 Å². The number of hydrogen-bond acceptors (Lipinski definition) is 0. The summed E-state index contributed by atoms with van der Waals surface area (Å²) < 4.78 is 0. The van der Waals surface area contributed by atoms with Crippen LogP contribution >= 0.6 is 15.9 Å². The topological polar surface area (TPSA) is 0 Å². The monoisotopic (exact) mass is 308 g/mol. The lowest BCUT2D eigenvalue weighted by Gasteiger charge is -2.35. The first kappa shape index (κ1) is 14.1. The summed E-state index contributed by atoms with van der Waals surface area (Å²) >= 11 is 4.06. The van der Waals surface area contributed by atoms with E-state index >= 15 is 0 Å². The van der Waals surface area contributed by atoms with Crippen LogP contribution in [0.5, 0.6) is 0 Å². The van der Waals surface area contributed by atoms with Gasteiger partial charge < -0.3 is 0 Å². The van der Waals surface area contributed by atoms with Crippen LogP contribution in [0.1, 0.15) is 66.1 Å². The average molecular weight is 309 g/mol. The molecule has 0 radical (unpaired) electrons. The Morgan fingerprint density at radius 1 is 1.11 bits per heavy atom. The van der Waals surface area contributed by atoms with Gasteiger partial charge in [0.15, 0.2) is 0 Å². The molecule has 0 heterocycles. The number of rotatable bonds is 3. The molecule has 1 unspecified atom stereocenters. The molecule has 0 N–H and O–H groups in total. The van der Waals surface area contributed by atoms with Crippen LogP contribution in [-0.2, 0) is 0 Å². The summed E-state index contributed by atoms with van der Waals surface area (Å²) in [5.74, 6) is 0. The highest BCUT2D eigenvalue weighted by Crippen LogP contribution is 2.55. The molecule has 0 amide bonds. The van der Waals surface area contributed by atoms with Crippen molar-refractivity contribution in [1.82, 2.24) is 0 Å². The number of halogens is 1. The van der Waals surface area contributed by atoms with E-state index in [1.165, 1.54) is 48.8 Å². The largest absolute Gasteiger partial charge is 0.0832 e. The van der Waals surface area contributed by atoms with E-state index in [1.54, 1.807) is 5.56 Å². The van der Waals surface area contributed by atoms with Crippen molar-refractivity contribution >= 4 is 15.9 Å². The van der Waals surface area contributed by atoms with Gasteiger partial charge in [0.2, 0.25) is 0 Å². The highest BCUT2D eigenvalue weighted by molar-refractivity contribution is 9.09. The fraction of sp³-hybridized carbons (Fsp3) is 0.647. The molecule has 1 aromatic rings. The standard InChI is InChI=1S/C17H25Br/c1-5-17(8-6-7-9-17)16(18)15-13(3)10-12(2)11-14(15)4/h10-11,16H,5-9H2,1-4H3. The summed E-state index contributed by atoms with van der Waals surface area (Å²) in [6.45, 7) is 9.08. The number of benzene rings is 1. The van der Waals surface area contributed by atoms with E-state index in [0.717, 1.165) is 0 Å². The molecular formula is C17H25Br. The van der Waals surface area contributed by atoms with Crippen LogP contribution < -0.4 is 0 Å². The second kappa shape index (κ2) is 5.36. The lowest BCUT2D eigenvalue weighted by Crippen LogP contribution is -2.22. The summed E-state index contributed by atoms with van der Waals surface area (Å²) in [5.41, 5.74) is 6.32. The number of alkyl halides is 1. The Kier molecular flexibility index (Phi) is 4.21. The van der Waals surface area contributed by atoms with Crippen LogP contribution in [-0.4, -0.2) is 0 Å². The highest BCUT2D eigenvalue weighted by Gasteiger charge is 2.40. The molecule has 1 aliphatic rings. The van der Waals surface area contributed by atoms with Crippen LogP contribution in [0.3, 0.4) is 0 Å². The van der Waals surface area contributed by atoms with Crippen molar-refractivity contribution in [2.24, 2.45) is 5.41 Å². The summed E-state index contributed by atoms with van der Waals surface area (Å²) in [6.07, 6.45) is 6.85. The minimum absolute atomic E-state index is 0.491. The Bertz CT molecular complexity index is 404. The molecule has 18 heavy (non-hydrogen) atoms. The van der Waals surface area contributed by atoms with Crippen molar-refractivity contribution in [3.8, 4) is 0 Å². The van der Waals surface area contributed by atoms with E-state index in [-0.39, 0.29) is 0 Å². The lowest BCUT2D eigenvalue weighted by molar-refractivity contribution is 0.278. The maximum atomic E-state index is 4.06. The SMILES string of the molecule is CCC1(C(Br)c2c(C)cc(C)cc2C)CCCC1. The van der Waals surface area contributed by atoms with Crippen molar-refractivity contribution in [1.29, 1.82) is 0 Å². The first-order valence-electron chi connectivity index (χ1n) is 7.22. The molecule has 1 atom stereocenters. The third-order valence-corrected chi connectivity index (χ3v) is 6.26. The predicted molar refractivity (Wildman–Crippen MR) is 83.5 cm³/mol. The average Bonchev–Trinajstić information content (AvgIpc) is 2.77. The van der Waals surface area contributed by atoms with E-state index in [0.29, 0.717) is 10.2 Å².